The number of carboxylic acid groups (broad SMARTS) is 1. The molecule has 1 atom stereocenters. The highest BCUT2D eigenvalue weighted by Gasteiger charge is 2.37. The molecule has 2 aliphatic heterocycles. The predicted molar refractivity (Wildman–Crippen MR) is 116 cm³/mol. The van der Waals surface area contributed by atoms with Crippen LogP contribution in [0.3, 0.4) is 0 Å². The number of hydrogen-bond donors (Lipinski definition) is 4. The van der Waals surface area contributed by atoms with E-state index in [1.165, 1.54) is 11.6 Å². The van der Waals surface area contributed by atoms with Crippen molar-refractivity contribution < 1.29 is 24.4 Å². The van der Waals surface area contributed by atoms with Crippen LogP contribution in [-0.2, 0) is 24.2 Å². The lowest BCUT2D eigenvalue weighted by Crippen LogP contribution is -2.53. The van der Waals surface area contributed by atoms with Crippen molar-refractivity contribution in [3.05, 3.63) is 64.7 Å². The first kappa shape index (κ1) is 21.4. The van der Waals surface area contributed by atoms with Gasteiger partial charge in [0.15, 0.2) is 0 Å². The molecular formula is C22H26BN3O5. The summed E-state index contributed by atoms with van der Waals surface area (Å²) >= 11 is 0. The van der Waals surface area contributed by atoms with Gasteiger partial charge in [-0.15, -0.1) is 0 Å². The lowest BCUT2D eigenvalue weighted by atomic mass is 9.72. The lowest BCUT2D eigenvalue weighted by molar-refractivity contribution is -0.120. The lowest BCUT2D eigenvalue weighted by Gasteiger charge is -2.29. The predicted octanol–water partition coefficient (Wildman–Crippen LogP) is 0.472. The molecule has 0 aromatic heterocycles. The third-order valence-corrected chi connectivity index (χ3v) is 5.70. The molecule has 2 aromatic rings. The van der Waals surface area contributed by atoms with Crippen molar-refractivity contribution in [3.8, 4) is 5.75 Å². The van der Waals surface area contributed by atoms with Gasteiger partial charge in [-0.25, -0.2) is 4.79 Å². The maximum absolute atomic E-state index is 12.5. The molecule has 31 heavy (non-hydrogen) atoms. The van der Waals surface area contributed by atoms with E-state index < -0.39 is 19.0 Å². The number of amides is 1. The van der Waals surface area contributed by atoms with E-state index >= 15 is 0 Å². The second-order valence-corrected chi connectivity index (χ2v) is 8.00. The Morgan fingerprint density at radius 1 is 1.13 bits per heavy atom. The van der Waals surface area contributed by atoms with Gasteiger partial charge in [-0.2, -0.15) is 0 Å². The summed E-state index contributed by atoms with van der Waals surface area (Å²) in [6.07, 6.45) is 0.492. The summed E-state index contributed by atoms with van der Waals surface area (Å²) in [5.74, 6) is -1.82. The van der Waals surface area contributed by atoms with E-state index in [0.717, 1.165) is 38.3 Å². The van der Waals surface area contributed by atoms with Crippen LogP contribution in [0.15, 0.2) is 42.5 Å². The Kier molecular flexibility index (Phi) is 6.55. The topological polar surface area (TPSA) is 111 Å². The van der Waals surface area contributed by atoms with Crippen molar-refractivity contribution in [2.45, 2.75) is 25.3 Å². The van der Waals surface area contributed by atoms with Gasteiger partial charge in [-0.3, -0.25) is 9.69 Å². The molecule has 0 unspecified atom stereocenters. The Labute approximate surface area is 181 Å². The second-order valence-electron chi connectivity index (χ2n) is 8.00. The number of carbonyl (C=O) groups is 2. The highest BCUT2D eigenvalue weighted by Crippen LogP contribution is 2.30. The smallest absolute Gasteiger partial charge is 0.534 e. The van der Waals surface area contributed by atoms with Gasteiger partial charge in [0.2, 0.25) is 5.91 Å². The van der Waals surface area contributed by atoms with Crippen LogP contribution in [0.4, 0.5) is 0 Å². The number of hydrogen-bond acceptors (Lipinski definition) is 6. The number of rotatable bonds is 6. The zero-order valence-corrected chi connectivity index (χ0v) is 17.2. The van der Waals surface area contributed by atoms with Gasteiger partial charge in [0, 0.05) is 32.7 Å². The minimum absolute atomic E-state index is 0.00207. The molecular weight excluding hydrogens is 397 g/mol. The molecule has 2 aliphatic rings. The van der Waals surface area contributed by atoms with E-state index in [4.69, 9.17) is 4.65 Å². The number of carbonyl (C=O) groups excluding carboxylic acids is 1. The number of para-hydroxylation sites is 1. The van der Waals surface area contributed by atoms with E-state index in [9.17, 15) is 19.7 Å². The second kappa shape index (κ2) is 9.51. The summed E-state index contributed by atoms with van der Waals surface area (Å²) < 4.78 is 5.43. The van der Waals surface area contributed by atoms with Crippen LogP contribution < -0.4 is 15.3 Å². The molecule has 0 spiro atoms. The molecule has 162 valence electrons. The van der Waals surface area contributed by atoms with E-state index in [2.05, 4.69) is 15.5 Å². The number of aromatic carboxylic acids is 1. The molecule has 1 saturated heterocycles. The number of nitrogens with zero attached hydrogens (tertiary/aromatic N) is 1. The van der Waals surface area contributed by atoms with Gasteiger partial charge in [-0.05, 0) is 29.2 Å². The number of carboxylic acids is 1. The SMILES string of the molecule is O=C(Cc1ccc(CN2CCNCC2)cc1)N[C@H]1Cc2cccc(C(=O)O)c2OB1O. The minimum Gasteiger partial charge on any atom is -0.534 e. The highest BCUT2D eigenvalue weighted by molar-refractivity contribution is 6.47. The fraction of sp³-hybridized carbons (Fsp3) is 0.364. The summed E-state index contributed by atoms with van der Waals surface area (Å²) in [6.45, 7) is 4.99. The minimum atomic E-state index is -1.31. The van der Waals surface area contributed by atoms with Gasteiger partial charge in [0.1, 0.15) is 5.75 Å². The van der Waals surface area contributed by atoms with Gasteiger partial charge in [0.25, 0.3) is 0 Å². The number of fused-ring (bicyclic) bond motifs is 1. The zero-order valence-electron chi connectivity index (χ0n) is 17.2. The summed E-state index contributed by atoms with van der Waals surface area (Å²) in [5.41, 5.74) is 2.75. The normalized spacial score (nSPS) is 18.7. The van der Waals surface area contributed by atoms with Crippen molar-refractivity contribution in [1.82, 2.24) is 15.5 Å². The largest absolute Gasteiger partial charge is 0.547 e. The first-order valence-corrected chi connectivity index (χ1v) is 10.5. The number of nitrogens with one attached hydrogen (secondary N) is 2. The van der Waals surface area contributed by atoms with Gasteiger partial charge < -0.3 is 25.4 Å². The maximum Gasteiger partial charge on any atom is 0.547 e. The van der Waals surface area contributed by atoms with Crippen LogP contribution in [0.5, 0.6) is 5.75 Å². The quantitative estimate of drug-likeness (QED) is 0.500. The Hall–Kier alpha value is -2.88. The third-order valence-electron chi connectivity index (χ3n) is 5.70. The first-order valence-electron chi connectivity index (χ1n) is 10.5. The Morgan fingerprint density at radius 2 is 1.84 bits per heavy atom. The van der Waals surface area contributed by atoms with Crippen molar-refractivity contribution in [2.75, 3.05) is 26.2 Å². The molecule has 2 heterocycles. The summed E-state index contributed by atoms with van der Waals surface area (Å²) in [4.78, 5) is 26.3. The van der Waals surface area contributed by atoms with E-state index in [1.807, 2.05) is 24.3 Å². The van der Waals surface area contributed by atoms with E-state index in [1.54, 1.807) is 12.1 Å². The first-order chi connectivity index (χ1) is 15.0. The van der Waals surface area contributed by atoms with Crippen molar-refractivity contribution in [3.63, 3.8) is 0 Å². The molecule has 4 rings (SSSR count). The summed E-state index contributed by atoms with van der Waals surface area (Å²) in [5, 5.41) is 25.7. The molecule has 8 nitrogen and oxygen atoms in total. The van der Waals surface area contributed by atoms with Crippen LogP contribution in [0.1, 0.15) is 27.0 Å². The highest BCUT2D eigenvalue weighted by atomic mass is 16.5. The molecule has 9 heteroatoms. The molecule has 2 aromatic carbocycles. The third kappa shape index (κ3) is 5.25. The molecule has 1 amide bonds. The molecule has 1 fully saturated rings. The molecule has 0 saturated carbocycles. The molecule has 0 radical (unpaired) electrons. The molecule has 0 aliphatic carbocycles. The van der Waals surface area contributed by atoms with Crippen LogP contribution in [0, 0.1) is 0 Å². The Balaban J connectivity index is 1.33. The van der Waals surface area contributed by atoms with Gasteiger partial charge in [-0.1, -0.05) is 36.4 Å². The number of piperazine rings is 1. The van der Waals surface area contributed by atoms with Crippen LogP contribution in [0.2, 0.25) is 0 Å². The van der Waals surface area contributed by atoms with E-state index in [0.29, 0.717) is 12.0 Å². The number of benzene rings is 2. The van der Waals surface area contributed by atoms with Crippen molar-refractivity contribution in [1.29, 1.82) is 0 Å². The van der Waals surface area contributed by atoms with Crippen LogP contribution in [0.25, 0.3) is 0 Å². The van der Waals surface area contributed by atoms with Crippen LogP contribution in [-0.4, -0.2) is 66.1 Å². The standard InChI is InChI=1S/C22H26BN3O5/c27-20(12-15-4-6-16(7-5-15)14-26-10-8-24-9-11-26)25-19-13-17-2-1-3-18(22(28)29)21(17)31-23(19)30/h1-7,19,24,30H,8-14H2,(H,25,27)(H,28,29)/t19-/m0/s1. The van der Waals surface area contributed by atoms with Gasteiger partial charge in [0.05, 0.1) is 17.9 Å². The Bertz CT molecular complexity index is 947. The fourth-order valence-electron chi connectivity index (χ4n) is 4.05. The van der Waals surface area contributed by atoms with Crippen LogP contribution >= 0.6 is 0 Å². The van der Waals surface area contributed by atoms with E-state index in [-0.39, 0.29) is 23.6 Å². The monoisotopic (exact) mass is 423 g/mol. The molecule has 4 N–H and O–H groups in total. The summed E-state index contributed by atoms with van der Waals surface area (Å²) in [6, 6.07) is 12.8. The summed E-state index contributed by atoms with van der Waals surface area (Å²) in [7, 11) is -1.31. The Morgan fingerprint density at radius 3 is 2.55 bits per heavy atom. The molecule has 0 bridgehead atoms. The van der Waals surface area contributed by atoms with Crippen molar-refractivity contribution in [2.24, 2.45) is 0 Å². The average Bonchev–Trinajstić information content (AvgIpc) is 2.76. The maximum atomic E-state index is 12.5. The average molecular weight is 423 g/mol. The zero-order chi connectivity index (χ0) is 21.8. The van der Waals surface area contributed by atoms with Gasteiger partial charge >= 0.3 is 13.1 Å². The fourth-order valence-corrected chi connectivity index (χ4v) is 4.05. The van der Waals surface area contributed by atoms with Crippen molar-refractivity contribution >= 4 is 19.0 Å².